The lowest BCUT2D eigenvalue weighted by Gasteiger charge is -2.24. The van der Waals surface area contributed by atoms with Crippen molar-refractivity contribution in [1.29, 1.82) is 0 Å². The fourth-order valence-electron chi connectivity index (χ4n) is 1.69. The summed E-state index contributed by atoms with van der Waals surface area (Å²) < 4.78 is 0. The normalized spacial score (nSPS) is 25.8. The summed E-state index contributed by atoms with van der Waals surface area (Å²) in [5.41, 5.74) is 1.44. The maximum absolute atomic E-state index is 2.43. The lowest BCUT2D eigenvalue weighted by molar-refractivity contribution is 1.49. The molecule has 1 unspecified atom stereocenters. The Hall–Kier alpha value is -0.610. The molecule has 1 aliphatic heterocycles. The molecule has 0 saturated carbocycles. The van der Waals surface area contributed by atoms with Crippen LogP contribution < -0.4 is 5.30 Å². The maximum Gasteiger partial charge on any atom is -0.0175 e. The number of hydrogen-bond acceptors (Lipinski definition) is 0. The first kappa shape index (κ1) is 8.01. The molecule has 1 atom stereocenters. The van der Waals surface area contributed by atoms with Crippen molar-refractivity contribution in [3.63, 3.8) is 0 Å². The van der Waals surface area contributed by atoms with Crippen molar-refractivity contribution >= 4 is 18.6 Å². The van der Waals surface area contributed by atoms with Gasteiger partial charge in [-0.05, 0) is 23.7 Å². The molecule has 0 aliphatic carbocycles. The summed E-state index contributed by atoms with van der Waals surface area (Å²) in [5.74, 6) is 2.43. The highest BCUT2D eigenvalue weighted by atomic mass is 31.2. The van der Waals surface area contributed by atoms with Crippen LogP contribution in [0, 0.1) is 0 Å². The summed E-state index contributed by atoms with van der Waals surface area (Å²) in [5, 5.41) is 1.59. The van der Waals surface area contributed by atoms with Crippen LogP contribution in [0.5, 0.6) is 0 Å². The van der Waals surface area contributed by atoms with Crippen LogP contribution in [-0.4, -0.2) is 12.8 Å². The quantitative estimate of drug-likeness (QED) is 0.578. The van der Waals surface area contributed by atoms with Gasteiger partial charge in [-0.1, -0.05) is 50.3 Å². The van der Waals surface area contributed by atoms with Crippen LogP contribution in [0.3, 0.4) is 0 Å². The van der Waals surface area contributed by atoms with E-state index in [-0.39, 0.29) is 0 Å². The minimum absolute atomic E-state index is 0.871. The third kappa shape index (κ3) is 1.03. The minimum Gasteiger partial charge on any atom is -0.0799 e. The Morgan fingerprint density at radius 2 is 2.00 bits per heavy atom. The highest BCUT2D eigenvalue weighted by Gasteiger charge is 2.24. The molecule has 1 heterocycles. The van der Waals surface area contributed by atoms with Gasteiger partial charge in [-0.25, -0.2) is 0 Å². The van der Waals surface area contributed by atoms with Crippen LogP contribution in [0.1, 0.15) is 12.5 Å². The second kappa shape index (κ2) is 2.71. The fraction of sp³-hybridized carbons (Fsp3) is 0.273. The number of benzene rings is 1. The van der Waals surface area contributed by atoms with Gasteiger partial charge in [0.25, 0.3) is 0 Å². The highest BCUT2D eigenvalue weighted by molar-refractivity contribution is 7.85. The number of rotatable bonds is 1. The lowest BCUT2D eigenvalue weighted by Crippen LogP contribution is -2.08. The van der Waals surface area contributed by atoms with Gasteiger partial charge in [0.15, 0.2) is 0 Å². The molecule has 1 aliphatic rings. The Labute approximate surface area is 74.6 Å². The standard InChI is InChI=1S/C11H14P/c1-3-12(2)9-8-10-6-4-5-7-11(10)12/h4-9H,3H2,1-2H3. The monoisotopic (exact) mass is 177 g/mol. The second-order valence-corrected chi connectivity index (χ2v) is 7.41. The molecular weight excluding hydrogens is 163 g/mol. The highest BCUT2D eigenvalue weighted by Crippen LogP contribution is 2.59. The molecule has 2 rings (SSSR count). The predicted octanol–water partition coefficient (Wildman–Crippen LogP) is 2.96. The van der Waals surface area contributed by atoms with Gasteiger partial charge in [-0.2, -0.15) is 0 Å². The number of hydrogen-bond donors (Lipinski definition) is 0. The molecule has 0 aromatic heterocycles. The molecule has 63 valence electrons. The molecule has 0 spiro atoms. The minimum atomic E-state index is -0.871. The zero-order valence-corrected chi connectivity index (χ0v) is 8.51. The molecule has 1 aromatic rings. The topological polar surface area (TPSA) is 0 Å². The Kier molecular flexibility index (Phi) is 1.81. The van der Waals surface area contributed by atoms with Crippen molar-refractivity contribution < 1.29 is 0 Å². The Morgan fingerprint density at radius 3 is 2.75 bits per heavy atom. The van der Waals surface area contributed by atoms with E-state index in [2.05, 4.69) is 49.7 Å². The Morgan fingerprint density at radius 1 is 1.25 bits per heavy atom. The summed E-state index contributed by atoms with van der Waals surface area (Å²) in [6, 6.07) is 8.77. The van der Waals surface area contributed by atoms with Crippen LogP contribution in [0.4, 0.5) is 0 Å². The molecular formula is C11H14P. The molecule has 1 heteroatoms. The maximum atomic E-state index is 2.43. The summed E-state index contributed by atoms with van der Waals surface area (Å²) in [7, 11) is -0.871. The number of fused-ring (bicyclic) bond motifs is 1. The van der Waals surface area contributed by atoms with E-state index >= 15 is 0 Å². The van der Waals surface area contributed by atoms with Gasteiger partial charge in [0.1, 0.15) is 0 Å². The van der Waals surface area contributed by atoms with E-state index < -0.39 is 7.26 Å². The smallest absolute Gasteiger partial charge is 0.0175 e. The summed E-state index contributed by atoms with van der Waals surface area (Å²) in [6.45, 7) is 4.70. The van der Waals surface area contributed by atoms with Crippen molar-refractivity contribution in [1.82, 2.24) is 0 Å². The van der Waals surface area contributed by atoms with Gasteiger partial charge >= 0.3 is 0 Å². The van der Waals surface area contributed by atoms with Crippen molar-refractivity contribution in [3.8, 4) is 0 Å². The summed E-state index contributed by atoms with van der Waals surface area (Å²) >= 11 is 0. The summed E-state index contributed by atoms with van der Waals surface area (Å²) in [6.07, 6.45) is 3.58. The summed E-state index contributed by atoms with van der Waals surface area (Å²) in [4.78, 5) is 0. The van der Waals surface area contributed by atoms with Crippen LogP contribution in [0.15, 0.2) is 30.1 Å². The van der Waals surface area contributed by atoms with Crippen LogP contribution in [-0.2, 0) is 0 Å². The molecule has 12 heavy (non-hydrogen) atoms. The zero-order valence-electron chi connectivity index (χ0n) is 7.62. The third-order valence-corrected chi connectivity index (χ3v) is 6.36. The van der Waals surface area contributed by atoms with Gasteiger partial charge in [0, 0.05) is 0 Å². The largest absolute Gasteiger partial charge is 0.0799 e. The van der Waals surface area contributed by atoms with Crippen LogP contribution in [0.25, 0.3) is 6.08 Å². The predicted molar refractivity (Wildman–Crippen MR) is 58.5 cm³/mol. The Bertz CT molecular complexity index is 328. The van der Waals surface area contributed by atoms with Crippen LogP contribution >= 0.6 is 7.26 Å². The first-order chi connectivity index (χ1) is 5.76. The molecule has 0 bridgehead atoms. The SMILES string of the molecule is CC[P]1(C)C=Cc2ccccc21. The molecule has 0 nitrogen and oxygen atoms in total. The first-order valence-corrected chi connectivity index (χ1v) is 6.89. The van der Waals surface area contributed by atoms with E-state index in [0.29, 0.717) is 0 Å². The molecule has 0 fully saturated rings. The van der Waals surface area contributed by atoms with Crippen molar-refractivity contribution in [2.75, 3.05) is 12.8 Å². The Balaban J connectivity index is 2.56. The van der Waals surface area contributed by atoms with Gasteiger partial charge < -0.3 is 0 Å². The lowest BCUT2D eigenvalue weighted by atomic mass is 10.2. The van der Waals surface area contributed by atoms with Gasteiger partial charge in [-0.15, -0.1) is 0 Å². The molecule has 1 aromatic carbocycles. The third-order valence-electron chi connectivity index (χ3n) is 2.73. The van der Waals surface area contributed by atoms with Crippen molar-refractivity contribution in [2.24, 2.45) is 0 Å². The molecule has 0 amide bonds. The average molecular weight is 177 g/mol. The first-order valence-electron chi connectivity index (χ1n) is 4.40. The van der Waals surface area contributed by atoms with E-state index in [4.69, 9.17) is 0 Å². The molecule has 1 radical (unpaired) electrons. The van der Waals surface area contributed by atoms with E-state index in [1.54, 1.807) is 5.30 Å². The van der Waals surface area contributed by atoms with Gasteiger partial charge in [-0.3, -0.25) is 0 Å². The average Bonchev–Trinajstić information content (AvgIpc) is 2.46. The van der Waals surface area contributed by atoms with E-state index in [0.717, 1.165) is 0 Å². The van der Waals surface area contributed by atoms with Crippen LogP contribution in [0.2, 0.25) is 0 Å². The van der Waals surface area contributed by atoms with Gasteiger partial charge in [0.05, 0.1) is 0 Å². The van der Waals surface area contributed by atoms with E-state index in [1.807, 2.05) is 0 Å². The molecule has 0 N–H and O–H groups in total. The zero-order chi connectivity index (χ0) is 8.60. The van der Waals surface area contributed by atoms with Crippen molar-refractivity contribution in [3.05, 3.63) is 35.6 Å². The van der Waals surface area contributed by atoms with Gasteiger partial charge in [0.2, 0.25) is 0 Å². The van der Waals surface area contributed by atoms with E-state index in [9.17, 15) is 0 Å². The van der Waals surface area contributed by atoms with E-state index in [1.165, 1.54) is 11.7 Å². The second-order valence-electron chi connectivity index (χ2n) is 3.46. The van der Waals surface area contributed by atoms with Crippen molar-refractivity contribution in [2.45, 2.75) is 6.92 Å². The fourth-order valence-corrected chi connectivity index (χ4v) is 4.06. The molecule has 0 saturated heterocycles.